The first kappa shape index (κ1) is 18.9. The minimum atomic E-state index is -0.904. The highest BCUT2D eigenvalue weighted by Crippen LogP contribution is 2.20. The summed E-state index contributed by atoms with van der Waals surface area (Å²) in [5, 5.41) is 19.4. The van der Waals surface area contributed by atoms with Gasteiger partial charge >= 0.3 is 6.09 Å². The van der Waals surface area contributed by atoms with Gasteiger partial charge in [-0.05, 0) is 55.3 Å². The standard InChI is InChI=1S/C15H23BrN2O4/c1-10-7-11(8-17-13(10)16)12(20)9-18(5-6-19)14(21)22-15(2,3)4/h7-8,12,19-20H,5-6,9H2,1-4H3. The quantitative estimate of drug-likeness (QED) is 0.773. The second-order valence-electron chi connectivity index (χ2n) is 6.04. The number of aliphatic hydroxyl groups is 2. The molecule has 1 aromatic rings. The van der Waals surface area contributed by atoms with Gasteiger partial charge in [0.2, 0.25) is 0 Å². The van der Waals surface area contributed by atoms with Crippen LogP contribution < -0.4 is 0 Å². The van der Waals surface area contributed by atoms with E-state index in [0.29, 0.717) is 10.2 Å². The van der Waals surface area contributed by atoms with Crippen molar-refractivity contribution in [1.82, 2.24) is 9.88 Å². The molecule has 7 heteroatoms. The zero-order valence-corrected chi connectivity index (χ0v) is 14.9. The van der Waals surface area contributed by atoms with Gasteiger partial charge in [0.25, 0.3) is 0 Å². The van der Waals surface area contributed by atoms with E-state index in [1.54, 1.807) is 33.0 Å². The minimum absolute atomic E-state index is 0.0260. The fourth-order valence-electron chi connectivity index (χ4n) is 1.78. The fourth-order valence-corrected chi connectivity index (χ4v) is 2.00. The third-order valence-electron chi connectivity index (χ3n) is 2.84. The van der Waals surface area contributed by atoms with Crippen molar-refractivity contribution in [1.29, 1.82) is 0 Å². The van der Waals surface area contributed by atoms with Crippen LogP contribution in [0.3, 0.4) is 0 Å². The summed E-state index contributed by atoms with van der Waals surface area (Å²) in [5.74, 6) is 0. The second kappa shape index (κ2) is 7.89. The monoisotopic (exact) mass is 374 g/mol. The zero-order chi connectivity index (χ0) is 16.9. The van der Waals surface area contributed by atoms with Crippen molar-refractivity contribution in [2.75, 3.05) is 19.7 Å². The van der Waals surface area contributed by atoms with Gasteiger partial charge < -0.3 is 19.8 Å². The van der Waals surface area contributed by atoms with Crippen molar-refractivity contribution in [3.8, 4) is 0 Å². The summed E-state index contributed by atoms with van der Waals surface area (Å²) >= 11 is 3.30. The van der Waals surface area contributed by atoms with Crippen molar-refractivity contribution in [2.24, 2.45) is 0 Å². The number of hydrogen-bond acceptors (Lipinski definition) is 5. The van der Waals surface area contributed by atoms with Crippen LogP contribution in [0.15, 0.2) is 16.9 Å². The second-order valence-corrected chi connectivity index (χ2v) is 6.79. The van der Waals surface area contributed by atoms with Crippen molar-refractivity contribution < 1.29 is 19.7 Å². The van der Waals surface area contributed by atoms with Crippen molar-refractivity contribution in [3.05, 3.63) is 28.0 Å². The SMILES string of the molecule is Cc1cc(C(O)CN(CCO)C(=O)OC(C)(C)C)cnc1Br. The van der Waals surface area contributed by atoms with Gasteiger partial charge in [-0.25, -0.2) is 9.78 Å². The maximum absolute atomic E-state index is 12.1. The van der Waals surface area contributed by atoms with Crippen LogP contribution in [0, 0.1) is 6.92 Å². The van der Waals surface area contributed by atoms with Gasteiger partial charge in [0.15, 0.2) is 0 Å². The first-order valence-corrected chi connectivity index (χ1v) is 7.82. The number of amides is 1. The highest BCUT2D eigenvalue weighted by molar-refractivity contribution is 9.10. The molecule has 1 atom stereocenters. The number of carbonyl (C=O) groups is 1. The molecule has 1 heterocycles. The number of aliphatic hydroxyl groups excluding tert-OH is 2. The molecule has 0 saturated heterocycles. The molecule has 0 bridgehead atoms. The van der Waals surface area contributed by atoms with Crippen molar-refractivity contribution in [3.63, 3.8) is 0 Å². The lowest BCUT2D eigenvalue weighted by Crippen LogP contribution is -2.40. The highest BCUT2D eigenvalue weighted by atomic mass is 79.9. The molecule has 0 aromatic carbocycles. The van der Waals surface area contributed by atoms with E-state index in [9.17, 15) is 9.90 Å². The van der Waals surface area contributed by atoms with Crippen LogP contribution in [0.5, 0.6) is 0 Å². The lowest BCUT2D eigenvalue weighted by atomic mass is 10.1. The van der Waals surface area contributed by atoms with Crippen LogP contribution in [0.25, 0.3) is 0 Å². The topological polar surface area (TPSA) is 82.9 Å². The number of ether oxygens (including phenoxy) is 1. The Balaban J connectivity index is 2.80. The average Bonchev–Trinajstić information content (AvgIpc) is 2.39. The maximum Gasteiger partial charge on any atom is 0.410 e. The lowest BCUT2D eigenvalue weighted by molar-refractivity contribution is 0.0109. The number of nitrogens with zero attached hydrogens (tertiary/aromatic N) is 2. The van der Waals surface area contributed by atoms with E-state index in [-0.39, 0.29) is 19.7 Å². The van der Waals surface area contributed by atoms with Crippen LogP contribution in [0.2, 0.25) is 0 Å². The summed E-state index contributed by atoms with van der Waals surface area (Å²) in [6, 6.07) is 1.80. The molecular weight excluding hydrogens is 352 g/mol. The Kier molecular flexibility index (Phi) is 6.77. The third kappa shape index (κ3) is 5.90. The smallest absolute Gasteiger partial charge is 0.410 e. The Labute approximate surface area is 139 Å². The molecule has 0 fully saturated rings. The predicted molar refractivity (Wildman–Crippen MR) is 86.5 cm³/mol. The predicted octanol–water partition coefficient (Wildman–Crippen LogP) is 2.42. The first-order chi connectivity index (χ1) is 10.1. The zero-order valence-electron chi connectivity index (χ0n) is 13.3. The lowest BCUT2D eigenvalue weighted by Gasteiger charge is -2.28. The number of rotatable bonds is 5. The maximum atomic E-state index is 12.1. The molecule has 0 radical (unpaired) electrons. The normalized spacial score (nSPS) is 12.9. The minimum Gasteiger partial charge on any atom is -0.444 e. The molecule has 0 saturated carbocycles. The summed E-state index contributed by atoms with van der Waals surface area (Å²) in [7, 11) is 0. The van der Waals surface area contributed by atoms with E-state index in [4.69, 9.17) is 9.84 Å². The molecule has 1 aromatic heterocycles. The number of pyridine rings is 1. The molecular formula is C15H23BrN2O4. The average molecular weight is 375 g/mol. The van der Waals surface area contributed by atoms with Crippen LogP contribution in [-0.4, -0.2) is 51.5 Å². The van der Waals surface area contributed by atoms with Gasteiger partial charge in [-0.15, -0.1) is 0 Å². The summed E-state index contributed by atoms with van der Waals surface area (Å²) in [5.41, 5.74) is 0.862. The van der Waals surface area contributed by atoms with E-state index < -0.39 is 17.8 Å². The van der Waals surface area contributed by atoms with E-state index in [0.717, 1.165) is 5.56 Å². The number of carbonyl (C=O) groups excluding carboxylic acids is 1. The van der Waals surface area contributed by atoms with Gasteiger partial charge in [0, 0.05) is 18.3 Å². The van der Waals surface area contributed by atoms with E-state index in [1.807, 2.05) is 6.92 Å². The van der Waals surface area contributed by atoms with Crippen LogP contribution in [0.1, 0.15) is 38.0 Å². The summed E-state index contributed by atoms with van der Waals surface area (Å²) in [6.07, 6.45) is 0.0781. The molecule has 0 spiro atoms. The summed E-state index contributed by atoms with van der Waals surface area (Å²) in [4.78, 5) is 17.5. The van der Waals surface area contributed by atoms with E-state index in [1.165, 1.54) is 4.90 Å². The third-order valence-corrected chi connectivity index (χ3v) is 3.67. The van der Waals surface area contributed by atoms with Gasteiger partial charge in [0.05, 0.1) is 19.3 Å². The summed E-state index contributed by atoms with van der Waals surface area (Å²) < 4.78 is 5.98. The Morgan fingerprint density at radius 1 is 1.50 bits per heavy atom. The van der Waals surface area contributed by atoms with Gasteiger partial charge in [0.1, 0.15) is 10.2 Å². The molecule has 0 aliphatic carbocycles. The molecule has 1 rings (SSSR count). The van der Waals surface area contributed by atoms with Gasteiger partial charge in [-0.2, -0.15) is 0 Å². The highest BCUT2D eigenvalue weighted by Gasteiger charge is 2.24. The number of halogens is 1. The first-order valence-electron chi connectivity index (χ1n) is 7.03. The van der Waals surface area contributed by atoms with Gasteiger partial charge in [-0.1, -0.05) is 0 Å². The number of aromatic nitrogens is 1. The number of hydrogen-bond donors (Lipinski definition) is 2. The Bertz CT molecular complexity index is 517. The van der Waals surface area contributed by atoms with Crippen molar-refractivity contribution >= 4 is 22.0 Å². The molecule has 2 N–H and O–H groups in total. The van der Waals surface area contributed by atoms with Crippen molar-refractivity contribution in [2.45, 2.75) is 39.4 Å². The number of aryl methyl sites for hydroxylation is 1. The summed E-state index contributed by atoms with van der Waals surface area (Å²) in [6.45, 7) is 7.07. The van der Waals surface area contributed by atoms with Crippen LogP contribution in [0.4, 0.5) is 4.79 Å². The van der Waals surface area contributed by atoms with E-state index in [2.05, 4.69) is 20.9 Å². The fraction of sp³-hybridized carbons (Fsp3) is 0.600. The Morgan fingerprint density at radius 2 is 2.14 bits per heavy atom. The van der Waals surface area contributed by atoms with E-state index >= 15 is 0 Å². The van der Waals surface area contributed by atoms with Crippen LogP contribution in [-0.2, 0) is 4.74 Å². The molecule has 1 amide bonds. The largest absolute Gasteiger partial charge is 0.444 e. The molecule has 22 heavy (non-hydrogen) atoms. The molecule has 1 unspecified atom stereocenters. The molecule has 0 aliphatic heterocycles. The Morgan fingerprint density at radius 3 is 2.64 bits per heavy atom. The van der Waals surface area contributed by atoms with Gasteiger partial charge in [-0.3, -0.25) is 0 Å². The molecule has 124 valence electrons. The molecule has 6 nitrogen and oxygen atoms in total. The van der Waals surface area contributed by atoms with Crippen LogP contribution >= 0.6 is 15.9 Å². The molecule has 0 aliphatic rings. The Hall–Kier alpha value is -1.18.